The first-order valence-electron chi connectivity index (χ1n) is 2.69. The van der Waals surface area contributed by atoms with Crippen molar-refractivity contribution in [1.82, 2.24) is 8.84 Å². The summed E-state index contributed by atoms with van der Waals surface area (Å²) in [7, 11) is 0. The van der Waals surface area contributed by atoms with E-state index in [1.54, 1.807) is 0 Å². The van der Waals surface area contributed by atoms with Gasteiger partial charge in [0.2, 0.25) is 0 Å². The molecular formula is C5H6Cl2N2O. The van der Waals surface area contributed by atoms with E-state index >= 15 is 0 Å². The van der Waals surface area contributed by atoms with Gasteiger partial charge in [0.05, 0.1) is 0 Å². The SMILES string of the molecule is C=CC1C(=O)N(Cl)CN1Cl. The second-order valence-electron chi connectivity index (χ2n) is 1.92. The third kappa shape index (κ3) is 1.12. The molecule has 10 heavy (non-hydrogen) atoms. The van der Waals surface area contributed by atoms with Crippen LogP contribution in [-0.2, 0) is 4.79 Å². The van der Waals surface area contributed by atoms with E-state index in [9.17, 15) is 4.79 Å². The Labute approximate surface area is 69.0 Å². The van der Waals surface area contributed by atoms with Crippen molar-refractivity contribution < 1.29 is 4.79 Å². The molecule has 0 aromatic heterocycles. The van der Waals surface area contributed by atoms with Gasteiger partial charge in [0.25, 0.3) is 5.91 Å². The molecule has 0 bridgehead atoms. The fraction of sp³-hybridized carbons (Fsp3) is 0.400. The minimum Gasteiger partial charge on any atom is -0.271 e. The van der Waals surface area contributed by atoms with Crippen LogP contribution in [0.25, 0.3) is 0 Å². The number of nitrogens with zero attached hydrogens (tertiary/aromatic N) is 2. The monoisotopic (exact) mass is 180 g/mol. The van der Waals surface area contributed by atoms with Gasteiger partial charge in [0, 0.05) is 11.8 Å². The van der Waals surface area contributed by atoms with Crippen molar-refractivity contribution in [2.45, 2.75) is 6.04 Å². The first-order chi connectivity index (χ1) is 4.66. The Bertz CT molecular complexity index is 173. The van der Waals surface area contributed by atoms with E-state index in [-0.39, 0.29) is 12.6 Å². The topological polar surface area (TPSA) is 23.6 Å². The lowest BCUT2D eigenvalue weighted by molar-refractivity contribution is -0.124. The van der Waals surface area contributed by atoms with Crippen LogP contribution >= 0.6 is 23.6 Å². The maximum absolute atomic E-state index is 10.9. The number of rotatable bonds is 1. The Kier molecular flexibility index (Phi) is 2.18. The van der Waals surface area contributed by atoms with Crippen LogP contribution in [0.2, 0.25) is 0 Å². The van der Waals surface area contributed by atoms with Gasteiger partial charge in [-0.25, -0.2) is 4.42 Å². The van der Waals surface area contributed by atoms with E-state index in [1.165, 1.54) is 10.5 Å². The fourth-order valence-electron chi connectivity index (χ4n) is 0.755. The summed E-state index contributed by atoms with van der Waals surface area (Å²) in [5.41, 5.74) is 0. The lowest BCUT2D eigenvalue weighted by atomic mass is 10.3. The average Bonchev–Trinajstić information content (AvgIpc) is 2.09. The Morgan fingerprint density at radius 3 is 2.50 bits per heavy atom. The summed E-state index contributed by atoms with van der Waals surface area (Å²) >= 11 is 11.0. The van der Waals surface area contributed by atoms with Crippen molar-refractivity contribution in [2.24, 2.45) is 0 Å². The molecule has 1 aliphatic heterocycles. The molecular weight excluding hydrogens is 175 g/mol. The summed E-state index contributed by atoms with van der Waals surface area (Å²) in [6.45, 7) is 3.68. The highest BCUT2D eigenvalue weighted by Crippen LogP contribution is 2.18. The zero-order valence-electron chi connectivity index (χ0n) is 5.13. The van der Waals surface area contributed by atoms with Crippen molar-refractivity contribution in [1.29, 1.82) is 0 Å². The number of hydrogen-bond acceptors (Lipinski definition) is 2. The van der Waals surface area contributed by atoms with Gasteiger partial charge >= 0.3 is 0 Å². The summed E-state index contributed by atoms with van der Waals surface area (Å²) in [5.74, 6) is -0.230. The summed E-state index contributed by atoms with van der Waals surface area (Å²) in [6.07, 6.45) is 1.46. The standard InChI is InChI=1S/C5H6Cl2N2O/c1-2-4-5(10)9(7)3-8(4)6/h2,4H,1,3H2. The van der Waals surface area contributed by atoms with Crippen LogP contribution in [-0.4, -0.2) is 27.5 Å². The van der Waals surface area contributed by atoms with Gasteiger partial charge in [0.15, 0.2) is 0 Å². The van der Waals surface area contributed by atoms with Crippen molar-refractivity contribution in [3.63, 3.8) is 0 Å². The minimum atomic E-state index is -0.473. The van der Waals surface area contributed by atoms with E-state index in [2.05, 4.69) is 6.58 Å². The van der Waals surface area contributed by atoms with Crippen LogP contribution in [0, 0.1) is 0 Å². The second-order valence-corrected chi connectivity index (χ2v) is 2.76. The number of carbonyl (C=O) groups excluding carboxylic acids is 1. The fourth-order valence-corrected chi connectivity index (χ4v) is 1.29. The molecule has 56 valence electrons. The Morgan fingerprint density at radius 2 is 2.30 bits per heavy atom. The third-order valence-electron chi connectivity index (χ3n) is 1.28. The zero-order valence-corrected chi connectivity index (χ0v) is 6.64. The zero-order chi connectivity index (χ0) is 7.72. The third-order valence-corrected chi connectivity index (χ3v) is 1.87. The van der Waals surface area contributed by atoms with Gasteiger partial charge in [-0.15, -0.1) is 6.58 Å². The molecule has 0 aromatic rings. The molecule has 1 rings (SSSR count). The number of carbonyl (C=O) groups is 1. The molecule has 1 fully saturated rings. The number of hydrogen-bond donors (Lipinski definition) is 0. The van der Waals surface area contributed by atoms with E-state index in [1.807, 2.05) is 0 Å². The lowest BCUT2D eigenvalue weighted by Crippen LogP contribution is -2.23. The maximum Gasteiger partial charge on any atom is 0.260 e. The first-order valence-corrected chi connectivity index (χ1v) is 3.36. The smallest absolute Gasteiger partial charge is 0.260 e. The van der Waals surface area contributed by atoms with E-state index < -0.39 is 6.04 Å². The largest absolute Gasteiger partial charge is 0.271 e. The number of amides is 1. The molecule has 0 saturated carbocycles. The van der Waals surface area contributed by atoms with E-state index in [4.69, 9.17) is 23.6 Å². The molecule has 0 aromatic carbocycles. The van der Waals surface area contributed by atoms with Crippen molar-refractivity contribution in [3.8, 4) is 0 Å². The summed E-state index contributed by atoms with van der Waals surface area (Å²) in [6, 6.07) is -0.473. The van der Waals surface area contributed by atoms with Gasteiger partial charge in [0.1, 0.15) is 12.7 Å². The normalized spacial score (nSPS) is 27.6. The van der Waals surface area contributed by atoms with Gasteiger partial charge in [-0.3, -0.25) is 4.79 Å². The van der Waals surface area contributed by atoms with Crippen LogP contribution in [0.4, 0.5) is 0 Å². The summed E-state index contributed by atoms with van der Waals surface area (Å²) < 4.78 is 2.32. The van der Waals surface area contributed by atoms with Crippen LogP contribution in [0.1, 0.15) is 0 Å². The second kappa shape index (κ2) is 2.78. The molecule has 3 nitrogen and oxygen atoms in total. The molecule has 0 spiro atoms. The molecule has 1 heterocycles. The highest BCUT2D eigenvalue weighted by atomic mass is 35.5. The van der Waals surface area contributed by atoms with Gasteiger partial charge in [-0.1, -0.05) is 6.08 Å². The quantitative estimate of drug-likeness (QED) is 0.444. The maximum atomic E-state index is 10.9. The average molecular weight is 181 g/mol. The lowest BCUT2D eigenvalue weighted by Gasteiger charge is -2.05. The molecule has 0 N–H and O–H groups in total. The number of halogens is 2. The van der Waals surface area contributed by atoms with Crippen LogP contribution in [0.15, 0.2) is 12.7 Å². The Balaban J connectivity index is 2.73. The molecule has 5 heteroatoms. The highest BCUT2D eigenvalue weighted by Gasteiger charge is 2.34. The van der Waals surface area contributed by atoms with Crippen molar-refractivity contribution in [3.05, 3.63) is 12.7 Å². The minimum absolute atomic E-state index is 0.230. The molecule has 1 saturated heterocycles. The van der Waals surface area contributed by atoms with Crippen LogP contribution < -0.4 is 0 Å². The molecule has 1 atom stereocenters. The van der Waals surface area contributed by atoms with Gasteiger partial charge in [-0.05, 0) is 11.8 Å². The van der Waals surface area contributed by atoms with Crippen molar-refractivity contribution >= 4 is 29.5 Å². The Morgan fingerprint density at radius 1 is 1.70 bits per heavy atom. The summed E-state index contributed by atoms with van der Waals surface area (Å²) in [4.78, 5) is 10.9. The molecule has 1 amide bonds. The molecule has 1 unspecified atom stereocenters. The van der Waals surface area contributed by atoms with Crippen LogP contribution in [0.5, 0.6) is 0 Å². The highest BCUT2D eigenvalue weighted by molar-refractivity contribution is 6.25. The van der Waals surface area contributed by atoms with Crippen molar-refractivity contribution in [2.75, 3.05) is 6.67 Å². The van der Waals surface area contributed by atoms with Crippen LogP contribution in [0.3, 0.4) is 0 Å². The molecule has 0 aliphatic carbocycles. The van der Waals surface area contributed by atoms with Gasteiger partial charge < -0.3 is 0 Å². The van der Waals surface area contributed by atoms with Gasteiger partial charge in [-0.2, -0.15) is 4.42 Å². The Hall–Kier alpha value is -0.250. The van der Waals surface area contributed by atoms with E-state index in [0.717, 1.165) is 4.42 Å². The first kappa shape index (κ1) is 7.85. The predicted molar refractivity (Wildman–Crippen MR) is 39.2 cm³/mol. The molecule has 0 radical (unpaired) electrons. The molecule has 1 aliphatic rings. The predicted octanol–water partition coefficient (Wildman–Crippen LogP) is 0.950. The van der Waals surface area contributed by atoms with E-state index in [0.29, 0.717) is 0 Å². The summed E-state index contributed by atoms with van der Waals surface area (Å²) in [5, 5.41) is 0.